The Morgan fingerprint density at radius 1 is 1.13 bits per heavy atom. The number of carbonyl (C=O) groups excluding carboxylic acids is 4. The van der Waals surface area contributed by atoms with Gasteiger partial charge in [-0.2, -0.15) is 0 Å². The lowest BCUT2D eigenvalue weighted by atomic mass is 9.76. The molecule has 2 saturated carbocycles. The SMILES string of the molecule is C=C1CC[C@H]2[C@@H](C=C(C)C(=O)[C@@]3(OC(C)=O)C[C@H](C)[C@H](OC(=O)c4cccnc4)[C@@H]3C1OC(C)=O)C2(C)C. The lowest BCUT2D eigenvalue weighted by Crippen LogP contribution is -2.55. The number of pyridine rings is 1. The Morgan fingerprint density at radius 3 is 2.45 bits per heavy atom. The zero-order valence-corrected chi connectivity index (χ0v) is 23.0. The largest absolute Gasteiger partial charge is 0.458 e. The molecule has 0 radical (unpaired) electrons. The molecular weight excluding hydrogens is 486 g/mol. The number of aromatic nitrogens is 1. The third kappa shape index (κ3) is 4.93. The summed E-state index contributed by atoms with van der Waals surface area (Å²) in [5.41, 5.74) is -0.358. The summed E-state index contributed by atoms with van der Waals surface area (Å²) in [7, 11) is 0. The fraction of sp³-hybridized carbons (Fsp3) is 0.567. The first-order valence-electron chi connectivity index (χ1n) is 13.2. The van der Waals surface area contributed by atoms with E-state index in [-0.39, 0.29) is 29.1 Å². The molecule has 0 saturated heterocycles. The molecule has 8 heteroatoms. The number of esters is 3. The van der Waals surface area contributed by atoms with Gasteiger partial charge in [0.05, 0.1) is 11.5 Å². The molecule has 1 unspecified atom stereocenters. The molecule has 1 aromatic rings. The van der Waals surface area contributed by atoms with Crippen molar-refractivity contribution in [3.8, 4) is 0 Å². The number of nitrogens with zero attached hydrogens (tertiary/aromatic N) is 1. The van der Waals surface area contributed by atoms with Crippen LogP contribution in [-0.2, 0) is 28.6 Å². The van der Waals surface area contributed by atoms with Gasteiger partial charge in [-0.15, -0.1) is 0 Å². The molecule has 0 bridgehead atoms. The normalized spacial score (nSPS) is 34.1. The summed E-state index contributed by atoms with van der Waals surface area (Å²) in [5.74, 6) is -3.04. The molecule has 204 valence electrons. The molecule has 4 rings (SSSR count). The Hall–Kier alpha value is -3.29. The maximum atomic E-state index is 14.3. The van der Waals surface area contributed by atoms with Crippen LogP contribution in [0.25, 0.3) is 0 Å². The predicted octanol–water partition coefficient (Wildman–Crippen LogP) is 4.63. The minimum atomic E-state index is -1.70. The van der Waals surface area contributed by atoms with Crippen molar-refractivity contribution in [3.05, 3.63) is 53.9 Å². The van der Waals surface area contributed by atoms with Gasteiger partial charge in [0.2, 0.25) is 5.78 Å². The second-order valence-electron chi connectivity index (χ2n) is 11.7. The average molecular weight is 524 g/mol. The summed E-state index contributed by atoms with van der Waals surface area (Å²) < 4.78 is 17.8. The Bertz CT molecular complexity index is 1190. The van der Waals surface area contributed by atoms with Crippen molar-refractivity contribution in [2.45, 2.75) is 78.6 Å². The maximum Gasteiger partial charge on any atom is 0.339 e. The smallest absolute Gasteiger partial charge is 0.339 e. The van der Waals surface area contributed by atoms with E-state index in [1.165, 1.54) is 20.0 Å². The highest BCUT2D eigenvalue weighted by Gasteiger charge is 2.65. The molecule has 1 heterocycles. The van der Waals surface area contributed by atoms with E-state index in [1.807, 2.05) is 13.0 Å². The number of Topliss-reactive ketones (excluding diaryl/α,β-unsaturated/α-hetero) is 1. The van der Waals surface area contributed by atoms with Crippen LogP contribution in [0.2, 0.25) is 0 Å². The first kappa shape index (κ1) is 27.7. The number of ketones is 1. The van der Waals surface area contributed by atoms with Crippen molar-refractivity contribution in [1.29, 1.82) is 0 Å². The Labute approximate surface area is 223 Å². The molecule has 0 aliphatic heterocycles. The fourth-order valence-electron chi connectivity index (χ4n) is 6.71. The summed E-state index contributed by atoms with van der Waals surface area (Å²) in [5, 5.41) is 0. The molecule has 0 amide bonds. The minimum Gasteiger partial charge on any atom is -0.458 e. The molecule has 38 heavy (non-hydrogen) atoms. The van der Waals surface area contributed by atoms with Gasteiger partial charge in [0.1, 0.15) is 12.2 Å². The van der Waals surface area contributed by atoms with Gasteiger partial charge in [-0.3, -0.25) is 19.4 Å². The van der Waals surface area contributed by atoms with E-state index in [0.29, 0.717) is 23.5 Å². The molecule has 8 nitrogen and oxygen atoms in total. The Balaban J connectivity index is 1.87. The van der Waals surface area contributed by atoms with Crippen LogP contribution in [0.1, 0.15) is 71.2 Å². The molecule has 1 aromatic heterocycles. The number of carbonyl (C=O) groups is 4. The summed E-state index contributed by atoms with van der Waals surface area (Å²) in [6.07, 6.45) is 4.49. The van der Waals surface area contributed by atoms with Crippen molar-refractivity contribution in [2.75, 3.05) is 0 Å². The predicted molar refractivity (Wildman–Crippen MR) is 139 cm³/mol. The maximum absolute atomic E-state index is 14.3. The third-order valence-corrected chi connectivity index (χ3v) is 8.65. The Morgan fingerprint density at radius 2 is 1.84 bits per heavy atom. The van der Waals surface area contributed by atoms with Crippen molar-refractivity contribution in [3.63, 3.8) is 0 Å². The topological polar surface area (TPSA) is 109 Å². The van der Waals surface area contributed by atoms with E-state index in [9.17, 15) is 19.2 Å². The highest BCUT2D eigenvalue weighted by atomic mass is 16.6. The Kier molecular flexibility index (Phi) is 7.38. The van der Waals surface area contributed by atoms with Crippen molar-refractivity contribution in [1.82, 2.24) is 4.98 Å². The quantitative estimate of drug-likeness (QED) is 0.319. The molecule has 3 aliphatic carbocycles. The van der Waals surface area contributed by atoms with Crippen molar-refractivity contribution in [2.24, 2.45) is 29.1 Å². The van der Waals surface area contributed by atoms with E-state index < -0.39 is 47.6 Å². The zero-order valence-electron chi connectivity index (χ0n) is 23.0. The van der Waals surface area contributed by atoms with Crippen LogP contribution in [0.5, 0.6) is 0 Å². The van der Waals surface area contributed by atoms with Gasteiger partial charge < -0.3 is 14.2 Å². The third-order valence-electron chi connectivity index (χ3n) is 8.65. The van der Waals surface area contributed by atoms with Crippen LogP contribution < -0.4 is 0 Å². The van der Waals surface area contributed by atoms with Crippen LogP contribution in [-0.4, -0.2) is 46.5 Å². The van der Waals surface area contributed by atoms with Gasteiger partial charge in [0.25, 0.3) is 0 Å². The van der Waals surface area contributed by atoms with Gasteiger partial charge in [0, 0.05) is 32.7 Å². The minimum absolute atomic E-state index is 0.0106. The average Bonchev–Trinajstić information content (AvgIpc) is 3.24. The van der Waals surface area contributed by atoms with Gasteiger partial charge >= 0.3 is 17.9 Å². The van der Waals surface area contributed by atoms with Crippen LogP contribution >= 0.6 is 0 Å². The van der Waals surface area contributed by atoms with Gasteiger partial charge in [-0.1, -0.05) is 33.4 Å². The molecule has 0 spiro atoms. The van der Waals surface area contributed by atoms with Crippen LogP contribution in [0, 0.1) is 29.1 Å². The van der Waals surface area contributed by atoms with E-state index in [2.05, 4.69) is 25.4 Å². The van der Waals surface area contributed by atoms with E-state index in [1.54, 1.807) is 25.3 Å². The molecule has 3 aliphatic rings. The van der Waals surface area contributed by atoms with E-state index >= 15 is 0 Å². The number of ether oxygens (including phenoxy) is 3. The fourth-order valence-corrected chi connectivity index (χ4v) is 6.71. The monoisotopic (exact) mass is 523 g/mol. The highest BCUT2D eigenvalue weighted by molar-refractivity contribution is 6.03. The summed E-state index contributed by atoms with van der Waals surface area (Å²) in [4.78, 5) is 56.3. The second-order valence-corrected chi connectivity index (χ2v) is 11.7. The van der Waals surface area contributed by atoms with E-state index in [0.717, 1.165) is 6.42 Å². The molecule has 2 fully saturated rings. The standard InChI is InChI=1S/C30H37NO7/c1-16-10-11-22-23(29(22,6)7)13-17(2)27(34)30(38-20(5)33)14-18(3)26(24(30)25(16)36-19(4)32)37-28(35)21-9-8-12-31-15-21/h8-9,12-13,15,18,22-26H,1,10-11,14H2,2-7H3/t18-,22-,23+,24-,25?,26-,30+/m0/s1. The number of hydrogen-bond donors (Lipinski definition) is 0. The van der Waals surface area contributed by atoms with Gasteiger partial charge in [-0.05, 0) is 66.2 Å². The summed E-state index contributed by atoms with van der Waals surface area (Å²) >= 11 is 0. The summed E-state index contributed by atoms with van der Waals surface area (Å²) in [6, 6.07) is 3.21. The second kappa shape index (κ2) is 10.1. The van der Waals surface area contributed by atoms with Gasteiger partial charge in [-0.25, -0.2) is 4.79 Å². The van der Waals surface area contributed by atoms with Crippen LogP contribution in [0.4, 0.5) is 0 Å². The number of allylic oxidation sites excluding steroid dienone is 1. The van der Waals surface area contributed by atoms with Crippen LogP contribution in [0.15, 0.2) is 48.3 Å². The highest BCUT2D eigenvalue weighted by Crippen LogP contribution is 2.62. The lowest BCUT2D eigenvalue weighted by molar-refractivity contribution is -0.179. The first-order chi connectivity index (χ1) is 17.8. The lowest BCUT2D eigenvalue weighted by Gasteiger charge is -2.39. The number of hydrogen-bond acceptors (Lipinski definition) is 8. The van der Waals surface area contributed by atoms with Crippen molar-refractivity contribution < 1.29 is 33.4 Å². The number of rotatable bonds is 4. The van der Waals surface area contributed by atoms with Crippen LogP contribution in [0.3, 0.4) is 0 Å². The van der Waals surface area contributed by atoms with Gasteiger partial charge in [0.15, 0.2) is 5.60 Å². The van der Waals surface area contributed by atoms with Crippen molar-refractivity contribution >= 4 is 23.7 Å². The molecule has 7 atom stereocenters. The number of fused-ring (bicyclic) bond motifs is 2. The van der Waals surface area contributed by atoms with E-state index in [4.69, 9.17) is 14.2 Å². The zero-order chi connectivity index (χ0) is 28.0. The molecule has 0 aromatic carbocycles. The molecular formula is C30H37NO7. The first-order valence-corrected chi connectivity index (χ1v) is 13.2. The molecule has 0 N–H and O–H groups in total. The summed E-state index contributed by atoms with van der Waals surface area (Å²) in [6.45, 7) is 14.7.